The Bertz CT molecular complexity index is 439. The molecule has 4 heteroatoms. The number of nitrogens with zero attached hydrogens (tertiary/aromatic N) is 4. The molecule has 2 aliphatic rings. The maximum absolute atomic E-state index is 9.07. The highest BCUT2D eigenvalue weighted by Crippen LogP contribution is 2.29. The SMILES string of the molecule is N#CC1CCCN1Cc1ccn(C2CCCC2)n1. The summed E-state index contributed by atoms with van der Waals surface area (Å²) in [6, 6.07) is 5.22. The van der Waals surface area contributed by atoms with Crippen LogP contribution in [0.25, 0.3) is 0 Å². The van der Waals surface area contributed by atoms with E-state index in [0.717, 1.165) is 31.6 Å². The zero-order chi connectivity index (χ0) is 12.4. The fourth-order valence-corrected chi connectivity index (χ4v) is 3.20. The molecule has 4 nitrogen and oxygen atoms in total. The molecule has 96 valence electrons. The Morgan fingerprint density at radius 3 is 2.89 bits per heavy atom. The zero-order valence-electron chi connectivity index (χ0n) is 10.8. The van der Waals surface area contributed by atoms with Gasteiger partial charge in [0.05, 0.1) is 23.8 Å². The summed E-state index contributed by atoms with van der Waals surface area (Å²) in [5, 5.41) is 13.8. The number of rotatable bonds is 3. The second-order valence-electron chi connectivity index (χ2n) is 5.48. The summed E-state index contributed by atoms with van der Waals surface area (Å²) in [6.07, 6.45) is 9.48. The smallest absolute Gasteiger partial charge is 0.0981 e. The van der Waals surface area contributed by atoms with Gasteiger partial charge in [0, 0.05) is 12.7 Å². The average molecular weight is 244 g/mol. The lowest BCUT2D eigenvalue weighted by atomic mass is 10.2. The number of aromatic nitrogens is 2. The van der Waals surface area contributed by atoms with Crippen molar-refractivity contribution in [1.82, 2.24) is 14.7 Å². The molecule has 1 saturated heterocycles. The molecule has 0 amide bonds. The van der Waals surface area contributed by atoms with Crippen molar-refractivity contribution in [2.75, 3.05) is 6.54 Å². The molecule has 1 aliphatic heterocycles. The Balaban J connectivity index is 1.64. The van der Waals surface area contributed by atoms with Crippen LogP contribution >= 0.6 is 0 Å². The zero-order valence-corrected chi connectivity index (χ0v) is 10.8. The lowest BCUT2D eigenvalue weighted by Crippen LogP contribution is -2.27. The van der Waals surface area contributed by atoms with Gasteiger partial charge in [0.2, 0.25) is 0 Å². The van der Waals surface area contributed by atoms with E-state index < -0.39 is 0 Å². The minimum atomic E-state index is 0.0987. The molecular formula is C14H20N4. The topological polar surface area (TPSA) is 44.9 Å². The van der Waals surface area contributed by atoms with E-state index in [-0.39, 0.29) is 6.04 Å². The van der Waals surface area contributed by atoms with Crippen LogP contribution in [0.5, 0.6) is 0 Å². The third-order valence-corrected chi connectivity index (χ3v) is 4.24. The molecule has 2 heterocycles. The van der Waals surface area contributed by atoms with E-state index >= 15 is 0 Å². The second-order valence-corrected chi connectivity index (χ2v) is 5.48. The van der Waals surface area contributed by atoms with E-state index in [1.807, 2.05) is 0 Å². The molecule has 1 saturated carbocycles. The van der Waals surface area contributed by atoms with Crippen LogP contribution in [0.15, 0.2) is 12.3 Å². The van der Waals surface area contributed by atoms with Crippen LogP contribution in [-0.2, 0) is 6.54 Å². The van der Waals surface area contributed by atoms with E-state index in [1.165, 1.54) is 25.7 Å². The maximum Gasteiger partial charge on any atom is 0.0981 e. The van der Waals surface area contributed by atoms with Crippen LogP contribution in [0, 0.1) is 11.3 Å². The van der Waals surface area contributed by atoms with Gasteiger partial charge in [0.15, 0.2) is 0 Å². The summed E-state index contributed by atoms with van der Waals surface area (Å²) in [6.45, 7) is 1.87. The monoisotopic (exact) mass is 244 g/mol. The molecule has 1 aromatic heterocycles. The number of hydrogen-bond donors (Lipinski definition) is 0. The minimum absolute atomic E-state index is 0.0987. The fraction of sp³-hybridized carbons (Fsp3) is 0.714. The van der Waals surface area contributed by atoms with Crippen molar-refractivity contribution in [2.45, 2.75) is 57.2 Å². The van der Waals surface area contributed by atoms with Crippen molar-refractivity contribution in [3.05, 3.63) is 18.0 Å². The quantitative estimate of drug-likeness (QED) is 0.820. The van der Waals surface area contributed by atoms with Gasteiger partial charge in [-0.3, -0.25) is 9.58 Å². The summed E-state index contributed by atoms with van der Waals surface area (Å²) in [5.74, 6) is 0. The second kappa shape index (κ2) is 5.11. The lowest BCUT2D eigenvalue weighted by molar-refractivity contribution is 0.281. The first-order valence-corrected chi connectivity index (χ1v) is 7.04. The molecule has 0 bridgehead atoms. The molecular weight excluding hydrogens is 224 g/mol. The predicted octanol–water partition coefficient (Wildman–Crippen LogP) is 2.49. The normalized spacial score (nSPS) is 25.6. The molecule has 1 unspecified atom stereocenters. The van der Waals surface area contributed by atoms with Gasteiger partial charge in [-0.25, -0.2) is 0 Å². The van der Waals surface area contributed by atoms with E-state index in [2.05, 4.69) is 27.9 Å². The third-order valence-electron chi connectivity index (χ3n) is 4.24. The molecule has 18 heavy (non-hydrogen) atoms. The van der Waals surface area contributed by atoms with Crippen molar-refractivity contribution in [3.8, 4) is 6.07 Å². The van der Waals surface area contributed by atoms with Gasteiger partial charge in [0.25, 0.3) is 0 Å². The van der Waals surface area contributed by atoms with E-state index in [1.54, 1.807) is 0 Å². The van der Waals surface area contributed by atoms with Crippen molar-refractivity contribution in [3.63, 3.8) is 0 Å². The Morgan fingerprint density at radius 2 is 2.11 bits per heavy atom. The van der Waals surface area contributed by atoms with Gasteiger partial charge in [-0.05, 0) is 38.3 Å². The van der Waals surface area contributed by atoms with Gasteiger partial charge in [-0.15, -0.1) is 0 Å². The first-order chi connectivity index (χ1) is 8.86. The van der Waals surface area contributed by atoms with E-state index in [4.69, 9.17) is 10.4 Å². The van der Waals surface area contributed by atoms with Gasteiger partial charge in [-0.2, -0.15) is 10.4 Å². The summed E-state index contributed by atoms with van der Waals surface area (Å²) < 4.78 is 2.14. The first kappa shape index (κ1) is 11.7. The van der Waals surface area contributed by atoms with Crippen LogP contribution in [0.3, 0.4) is 0 Å². The van der Waals surface area contributed by atoms with E-state index in [9.17, 15) is 0 Å². The minimum Gasteiger partial charge on any atom is -0.282 e. The molecule has 1 aliphatic carbocycles. The van der Waals surface area contributed by atoms with Crippen molar-refractivity contribution >= 4 is 0 Å². The van der Waals surface area contributed by atoms with Crippen molar-refractivity contribution in [2.24, 2.45) is 0 Å². The van der Waals surface area contributed by atoms with Crippen LogP contribution in [-0.4, -0.2) is 27.3 Å². The largest absolute Gasteiger partial charge is 0.282 e. The Hall–Kier alpha value is -1.34. The first-order valence-electron chi connectivity index (χ1n) is 7.04. The molecule has 1 atom stereocenters. The molecule has 0 radical (unpaired) electrons. The Kier molecular flexibility index (Phi) is 3.33. The molecule has 0 spiro atoms. The van der Waals surface area contributed by atoms with Gasteiger partial charge >= 0.3 is 0 Å². The van der Waals surface area contributed by atoms with Crippen molar-refractivity contribution < 1.29 is 0 Å². The molecule has 0 N–H and O–H groups in total. The number of hydrogen-bond acceptors (Lipinski definition) is 3. The standard InChI is InChI=1S/C14H20N4/c15-10-14-6-3-8-17(14)11-12-7-9-18(16-12)13-4-1-2-5-13/h7,9,13-14H,1-6,8,11H2. The van der Waals surface area contributed by atoms with Crippen LogP contribution in [0.2, 0.25) is 0 Å². The Morgan fingerprint density at radius 1 is 1.28 bits per heavy atom. The van der Waals surface area contributed by atoms with Gasteiger partial charge in [-0.1, -0.05) is 12.8 Å². The number of nitriles is 1. The third kappa shape index (κ3) is 2.28. The Labute approximate surface area is 108 Å². The number of likely N-dealkylation sites (tertiary alicyclic amines) is 1. The summed E-state index contributed by atoms with van der Waals surface area (Å²) in [7, 11) is 0. The fourth-order valence-electron chi connectivity index (χ4n) is 3.20. The van der Waals surface area contributed by atoms with Crippen molar-refractivity contribution in [1.29, 1.82) is 5.26 Å². The van der Waals surface area contributed by atoms with Crippen LogP contribution in [0.1, 0.15) is 50.3 Å². The molecule has 2 fully saturated rings. The highest BCUT2D eigenvalue weighted by Gasteiger charge is 2.25. The predicted molar refractivity (Wildman–Crippen MR) is 68.8 cm³/mol. The summed E-state index contributed by atoms with van der Waals surface area (Å²) in [4.78, 5) is 2.25. The van der Waals surface area contributed by atoms with E-state index in [0.29, 0.717) is 6.04 Å². The lowest BCUT2D eigenvalue weighted by Gasteiger charge is -2.17. The highest BCUT2D eigenvalue weighted by atomic mass is 15.3. The summed E-state index contributed by atoms with van der Waals surface area (Å²) in [5.41, 5.74) is 1.11. The van der Waals surface area contributed by atoms with Gasteiger partial charge in [0.1, 0.15) is 0 Å². The molecule has 0 aromatic carbocycles. The molecule has 3 rings (SSSR count). The average Bonchev–Trinajstić information content (AvgIpc) is 3.10. The van der Waals surface area contributed by atoms with Crippen LogP contribution < -0.4 is 0 Å². The maximum atomic E-state index is 9.07. The summed E-state index contributed by atoms with van der Waals surface area (Å²) >= 11 is 0. The van der Waals surface area contributed by atoms with Gasteiger partial charge < -0.3 is 0 Å². The molecule has 1 aromatic rings. The highest BCUT2D eigenvalue weighted by molar-refractivity contribution is 5.04. The van der Waals surface area contributed by atoms with Crippen LogP contribution in [0.4, 0.5) is 0 Å².